The molecule has 18 heavy (non-hydrogen) atoms. The number of ether oxygens (including phenoxy) is 1. The molecule has 1 fully saturated rings. The van der Waals surface area contributed by atoms with Gasteiger partial charge < -0.3 is 15.8 Å². The van der Waals surface area contributed by atoms with E-state index in [1.807, 2.05) is 12.1 Å². The van der Waals surface area contributed by atoms with E-state index >= 15 is 0 Å². The summed E-state index contributed by atoms with van der Waals surface area (Å²) < 4.78 is 5.29. The molecule has 98 valence electrons. The number of nitrogens with two attached hydrogens (primary N) is 1. The van der Waals surface area contributed by atoms with E-state index in [1.54, 1.807) is 12.4 Å². The van der Waals surface area contributed by atoms with Gasteiger partial charge in [0.2, 0.25) is 5.91 Å². The Morgan fingerprint density at radius 1 is 1.50 bits per heavy atom. The van der Waals surface area contributed by atoms with Crippen molar-refractivity contribution in [2.75, 3.05) is 19.8 Å². The molecule has 5 nitrogen and oxygen atoms in total. The van der Waals surface area contributed by atoms with Crippen molar-refractivity contribution in [3.8, 4) is 0 Å². The predicted octanol–water partition coefficient (Wildman–Crippen LogP) is 0.453. The first kappa shape index (κ1) is 13.0. The number of nitrogens with one attached hydrogen (secondary N) is 1. The van der Waals surface area contributed by atoms with Crippen molar-refractivity contribution in [2.45, 2.75) is 19.4 Å². The molecule has 1 aromatic rings. The van der Waals surface area contributed by atoms with Gasteiger partial charge in [-0.15, -0.1) is 0 Å². The van der Waals surface area contributed by atoms with Gasteiger partial charge in [-0.2, -0.15) is 0 Å². The molecule has 1 amide bonds. The molecule has 1 aliphatic heterocycles. The number of carbonyl (C=O) groups is 1. The molecule has 0 radical (unpaired) electrons. The Bertz CT molecular complexity index is 388. The van der Waals surface area contributed by atoms with E-state index in [9.17, 15) is 4.79 Å². The highest BCUT2D eigenvalue weighted by atomic mass is 16.5. The van der Waals surface area contributed by atoms with Crippen LogP contribution in [-0.4, -0.2) is 30.6 Å². The van der Waals surface area contributed by atoms with Gasteiger partial charge in [-0.1, -0.05) is 6.07 Å². The second kappa shape index (κ2) is 5.93. The Morgan fingerprint density at radius 3 is 2.89 bits per heavy atom. The van der Waals surface area contributed by atoms with Crippen molar-refractivity contribution in [1.82, 2.24) is 10.3 Å². The van der Waals surface area contributed by atoms with E-state index < -0.39 is 5.41 Å². The second-order valence-corrected chi connectivity index (χ2v) is 4.64. The van der Waals surface area contributed by atoms with Crippen LogP contribution in [0.1, 0.15) is 18.4 Å². The quantitative estimate of drug-likeness (QED) is 0.812. The van der Waals surface area contributed by atoms with Crippen molar-refractivity contribution >= 4 is 5.91 Å². The third-order valence-electron chi connectivity index (χ3n) is 3.50. The Hall–Kier alpha value is -1.46. The van der Waals surface area contributed by atoms with E-state index in [0.717, 1.165) is 5.56 Å². The molecule has 2 rings (SSSR count). The van der Waals surface area contributed by atoms with Gasteiger partial charge in [0.15, 0.2) is 0 Å². The normalized spacial score (nSPS) is 18.3. The summed E-state index contributed by atoms with van der Waals surface area (Å²) in [6.07, 6.45) is 4.86. The number of hydrogen-bond donors (Lipinski definition) is 2. The number of pyridine rings is 1. The summed E-state index contributed by atoms with van der Waals surface area (Å²) in [6.45, 7) is 2.08. The number of amides is 1. The van der Waals surface area contributed by atoms with Crippen molar-refractivity contribution in [1.29, 1.82) is 0 Å². The Balaban J connectivity index is 1.94. The van der Waals surface area contributed by atoms with Crippen LogP contribution in [-0.2, 0) is 16.1 Å². The lowest BCUT2D eigenvalue weighted by Gasteiger charge is -2.34. The molecule has 0 atom stereocenters. The van der Waals surface area contributed by atoms with Crippen LogP contribution < -0.4 is 11.1 Å². The minimum absolute atomic E-state index is 0.0251. The molecule has 1 aliphatic rings. The summed E-state index contributed by atoms with van der Waals surface area (Å²) in [7, 11) is 0. The molecular weight excluding hydrogens is 230 g/mol. The molecule has 5 heteroatoms. The minimum atomic E-state index is -0.458. The number of aromatic nitrogens is 1. The van der Waals surface area contributed by atoms with E-state index in [4.69, 9.17) is 10.5 Å². The Morgan fingerprint density at radius 2 is 2.28 bits per heavy atom. The third kappa shape index (κ3) is 2.86. The summed E-state index contributed by atoms with van der Waals surface area (Å²) in [4.78, 5) is 16.3. The van der Waals surface area contributed by atoms with Gasteiger partial charge in [-0.05, 0) is 24.5 Å². The van der Waals surface area contributed by atoms with Gasteiger partial charge in [0.05, 0.1) is 5.41 Å². The van der Waals surface area contributed by atoms with Crippen molar-refractivity contribution in [3.05, 3.63) is 30.1 Å². The summed E-state index contributed by atoms with van der Waals surface area (Å²) in [5.41, 5.74) is 6.31. The second-order valence-electron chi connectivity index (χ2n) is 4.64. The van der Waals surface area contributed by atoms with Crippen LogP contribution in [0.2, 0.25) is 0 Å². The Labute approximate surface area is 107 Å². The highest BCUT2D eigenvalue weighted by molar-refractivity contribution is 5.83. The van der Waals surface area contributed by atoms with Gasteiger partial charge in [0, 0.05) is 38.7 Å². The number of nitrogens with zero attached hydrogens (tertiary/aromatic N) is 1. The molecule has 2 heterocycles. The fourth-order valence-electron chi connectivity index (χ4n) is 2.16. The maximum Gasteiger partial charge on any atom is 0.227 e. The smallest absolute Gasteiger partial charge is 0.227 e. The van der Waals surface area contributed by atoms with Crippen LogP contribution in [0, 0.1) is 5.41 Å². The summed E-state index contributed by atoms with van der Waals surface area (Å²) in [6, 6.07) is 3.79. The van der Waals surface area contributed by atoms with Gasteiger partial charge in [-0.3, -0.25) is 9.78 Å². The molecule has 3 N–H and O–H groups in total. The lowest BCUT2D eigenvalue weighted by atomic mass is 9.79. The molecule has 1 aromatic heterocycles. The highest BCUT2D eigenvalue weighted by Crippen LogP contribution is 2.29. The monoisotopic (exact) mass is 249 g/mol. The zero-order valence-corrected chi connectivity index (χ0v) is 10.4. The fourth-order valence-corrected chi connectivity index (χ4v) is 2.16. The summed E-state index contributed by atoms with van der Waals surface area (Å²) >= 11 is 0. The molecule has 0 saturated carbocycles. The highest BCUT2D eigenvalue weighted by Gasteiger charge is 2.38. The van der Waals surface area contributed by atoms with Crippen LogP contribution in [0.25, 0.3) is 0 Å². The van der Waals surface area contributed by atoms with Gasteiger partial charge in [-0.25, -0.2) is 0 Å². The van der Waals surface area contributed by atoms with Crippen LogP contribution in [0.4, 0.5) is 0 Å². The molecule has 1 saturated heterocycles. The summed E-state index contributed by atoms with van der Waals surface area (Å²) in [5, 5.41) is 2.95. The maximum atomic E-state index is 12.3. The zero-order valence-electron chi connectivity index (χ0n) is 10.4. The van der Waals surface area contributed by atoms with Crippen LogP contribution in [0.5, 0.6) is 0 Å². The predicted molar refractivity (Wildman–Crippen MR) is 67.6 cm³/mol. The first-order chi connectivity index (χ1) is 8.77. The van der Waals surface area contributed by atoms with Crippen molar-refractivity contribution in [3.63, 3.8) is 0 Å². The molecule has 0 spiro atoms. The average molecular weight is 249 g/mol. The first-order valence-corrected chi connectivity index (χ1v) is 6.22. The lowest BCUT2D eigenvalue weighted by Crippen LogP contribution is -2.48. The molecule has 0 bridgehead atoms. The standard InChI is InChI=1S/C13H19N3O2/c14-10-13(3-6-18-7-4-13)12(17)16-9-11-2-1-5-15-8-11/h1-2,5,8H,3-4,6-7,9-10,14H2,(H,16,17). The fraction of sp³-hybridized carbons (Fsp3) is 0.538. The van der Waals surface area contributed by atoms with Crippen LogP contribution in [0.3, 0.4) is 0 Å². The zero-order chi connectivity index (χ0) is 12.8. The largest absolute Gasteiger partial charge is 0.381 e. The molecule has 0 aliphatic carbocycles. The Kier molecular flexibility index (Phi) is 4.28. The van der Waals surface area contributed by atoms with Gasteiger partial charge in [0.25, 0.3) is 0 Å². The average Bonchev–Trinajstić information content (AvgIpc) is 2.46. The van der Waals surface area contributed by atoms with Crippen molar-refractivity contribution in [2.24, 2.45) is 11.1 Å². The lowest BCUT2D eigenvalue weighted by molar-refractivity contribution is -0.136. The van der Waals surface area contributed by atoms with E-state index in [1.165, 1.54) is 0 Å². The molecule has 0 aromatic carbocycles. The van der Waals surface area contributed by atoms with Crippen LogP contribution in [0.15, 0.2) is 24.5 Å². The van der Waals surface area contributed by atoms with E-state index in [0.29, 0.717) is 39.1 Å². The van der Waals surface area contributed by atoms with Crippen LogP contribution >= 0.6 is 0 Å². The maximum absolute atomic E-state index is 12.3. The van der Waals surface area contributed by atoms with Gasteiger partial charge in [0.1, 0.15) is 0 Å². The van der Waals surface area contributed by atoms with Crippen molar-refractivity contribution < 1.29 is 9.53 Å². The number of rotatable bonds is 4. The number of carbonyl (C=O) groups excluding carboxylic acids is 1. The first-order valence-electron chi connectivity index (χ1n) is 6.22. The SMILES string of the molecule is NCC1(C(=O)NCc2cccnc2)CCOCC1. The topological polar surface area (TPSA) is 77.2 Å². The molecule has 0 unspecified atom stereocenters. The molecular formula is C13H19N3O2. The van der Waals surface area contributed by atoms with E-state index in [2.05, 4.69) is 10.3 Å². The van der Waals surface area contributed by atoms with E-state index in [-0.39, 0.29) is 5.91 Å². The third-order valence-corrected chi connectivity index (χ3v) is 3.50. The summed E-state index contributed by atoms with van der Waals surface area (Å²) in [5.74, 6) is 0.0251. The minimum Gasteiger partial charge on any atom is -0.381 e. The van der Waals surface area contributed by atoms with Gasteiger partial charge >= 0.3 is 0 Å². The number of hydrogen-bond acceptors (Lipinski definition) is 4.